The summed E-state index contributed by atoms with van der Waals surface area (Å²) in [4.78, 5) is 22.7. The standard InChI is InChI=1S/C15H11Cl2N3OS2/c1-8-4-10-14(18-7-19-15(10)23-8)22-6-13(21)20-12-3-2-9(16)5-11(12)17/h2-5,7H,6H2,1H3,(H,20,21). The SMILES string of the molecule is Cc1cc2c(SCC(=O)Nc3ccc(Cl)cc3Cl)ncnc2s1. The molecule has 23 heavy (non-hydrogen) atoms. The molecule has 0 aliphatic rings. The molecule has 0 spiro atoms. The van der Waals surface area contributed by atoms with Crippen LogP contribution in [-0.4, -0.2) is 21.6 Å². The van der Waals surface area contributed by atoms with Crippen molar-refractivity contribution < 1.29 is 4.79 Å². The number of hydrogen-bond donors (Lipinski definition) is 1. The third-order valence-electron chi connectivity index (χ3n) is 2.96. The molecule has 0 unspecified atom stereocenters. The first-order valence-electron chi connectivity index (χ1n) is 6.62. The number of carbonyl (C=O) groups is 1. The van der Waals surface area contributed by atoms with Crippen LogP contribution in [0.5, 0.6) is 0 Å². The molecule has 0 fully saturated rings. The summed E-state index contributed by atoms with van der Waals surface area (Å²) in [5, 5.41) is 5.49. The first kappa shape index (κ1) is 16.5. The molecular weight excluding hydrogens is 373 g/mol. The second kappa shape index (κ2) is 7.05. The van der Waals surface area contributed by atoms with E-state index >= 15 is 0 Å². The molecule has 0 aliphatic carbocycles. The van der Waals surface area contributed by atoms with Crippen molar-refractivity contribution in [3.05, 3.63) is 45.5 Å². The third-order valence-corrected chi connectivity index (χ3v) is 5.47. The van der Waals surface area contributed by atoms with Gasteiger partial charge in [0.2, 0.25) is 5.91 Å². The minimum absolute atomic E-state index is 0.155. The first-order chi connectivity index (χ1) is 11.0. The maximum absolute atomic E-state index is 12.1. The van der Waals surface area contributed by atoms with Crippen molar-refractivity contribution in [1.29, 1.82) is 0 Å². The fourth-order valence-corrected chi connectivity index (χ4v) is 4.12. The molecular formula is C15H11Cl2N3OS2. The summed E-state index contributed by atoms with van der Waals surface area (Å²) >= 11 is 14.9. The lowest BCUT2D eigenvalue weighted by atomic mass is 10.3. The van der Waals surface area contributed by atoms with Crippen LogP contribution in [-0.2, 0) is 4.79 Å². The predicted octanol–water partition coefficient (Wildman–Crippen LogP) is 5.04. The van der Waals surface area contributed by atoms with Crippen molar-refractivity contribution in [2.24, 2.45) is 0 Å². The molecule has 0 aliphatic heterocycles. The normalized spacial score (nSPS) is 10.9. The van der Waals surface area contributed by atoms with Gasteiger partial charge in [-0.2, -0.15) is 0 Å². The van der Waals surface area contributed by atoms with E-state index in [1.807, 2.05) is 13.0 Å². The van der Waals surface area contributed by atoms with Gasteiger partial charge < -0.3 is 5.32 Å². The molecule has 1 aromatic carbocycles. The number of rotatable bonds is 4. The quantitative estimate of drug-likeness (QED) is 0.506. The van der Waals surface area contributed by atoms with Gasteiger partial charge >= 0.3 is 0 Å². The number of fused-ring (bicyclic) bond motifs is 1. The Kier molecular flexibility index (Phi) is 5.06. The topological polar surface area (TPSA) is 54.9 Å². The molecule has 1 amide bonds. The molecule has 0 radical (unpaired) electrons. The number of aryl methyl sites for hydroxylation is 1. The molecule has 3 aromatic rings. The van der Waals surface area contributed by atoms with Crippen LogP contribution in [0.4, 0.5) is 5.69 Å². The van der Waals surface area contributed by atoms with Crippen LogP contribution < -0.4 is 5.32 Å². The lowest BCUT2D eigenvalue weighted by Gasteiger charge is -2.07. The summed E-state index contributed by atoms with van der Waals surface area (Å²) in [6, 6.07) is 6.99. The van der Waals surface area contributed by atoms with E-state index in [4.69, 9.17) is 23.2 Å². The Morgan fingerprint density at radius 1 is 1.30 bits per heavy atom. The Bertz CT molecular complexity index is 882. The van der Waals surface area contributed by atoms with Gasteiger partial charge in [-0.3, -0.25) is 4.79 Å². The van der Waals surface area contributed by atoms with Gasteiger partial charge in [0.1, 0.15) is 16.2 Å². The minimum atomic E-state index is -0.155. The smallest absolute Gasteiger partial charge is 0.234 e. The number of aromatic nitrogens is 2. The number of thioether (sulfide) groups is 1. The molecule has 0 saturated heterocycles. The molecule has 8 heteroatoms. The highest BCUT2D eigenvalue weighted by Gasteiger charge is 2.11. The highest BCUT2D eigenvalue weighted by Crippen LogP contribution is 2.30. The van der Waals surface area contributed by atoms with Crippen LogP contribution in [0.3, 0.4) is 0 Å². The predicted molar refractivity (Wildman–Crippen MR) is 98.0 cm³/mol. The van der Waals surface area contributed by atoms with Crippen LogP contribution in [0.1, 0.15) is 4.88 Å². The van der Waals surface area contributed by atoms with E-state index < -0.39 is 0 Å². The fourth-order valence-electron chi connectivity index (χ4n) is 1.98. The zero-order valence-corrected chi connectivity index (χ0v) is 15.1. The van der Waals surface area contributed by atoms with Crippen LogP contribution in [0.2, 0.25) is 10.0 Å². The maximum Gasteiger partial charge on any atom is 0.234 e. The second-order valence-corrected chi connectivity index (χ2v) is 7.76. The van der Waals surface area contributed by atoms with Crippen molar-refractivity contribution in [1.82, 2.24) is 9.97 Å². The fraction of sp³-hybridized carbons (Fsp3) is 0.133. The summed E-state index contributed by atoms with van der Waals surface area (Å²) in [5.74, 6) is 0.0814. The van der Waals surface area contributed by atoms with E-state index in [1.54, 1.807) is 29.5 Å². The molecule has 118 valence electrons. The molecule has 0 saturated carbocycles. The molecule has 3 rings (SSSR count). The average molecular weight is 384 g/mol. The Hall–Kier alpha value is -1.34. The van der Waals surface area contributed by atoms with E-state index in [-0.39, 0.29) is 11.7 Å². The first-order valence-corrected chi connectivity index (χ1v) is 9.17. The van der Waals surface area contributed by atoms with Crippen molar-refractivity contribution in [3.8, 4) is 0 Å². The Balaban J connectivity index is 1.68. The van der Waals surface area contributed by atoms with Crippen molar-refractivity contribution >= 4 is 68.1 Å². The van der Waals surface area contributed by atoms with Crippen LogP contribution >= 0.6 is 46.3 Å². The van der Waals surface area contributed by atoms with E-state index in [0.29, 0.717) is 15.7 Å². The van der Waals surface area contributed by atoms with E-state index in [0.717, 1.165) is 15.2 Å². The summed E-state index contributed by atoms with van der Waals surface area (Å²) < 4.78 is 0. The van der Waals surface area contributed by atoms with Crippen LogP contribution in [0, 0.1) is 6.92 Å². The van der Waals surface area contributed by atoms with Gasteiger partial charge in [0.15, 0.2) is 0 Å². The maximum atomic E-state index is 12.1. The average Bonchev–Trinajstić information content (AvgIpc) is 2.88. The monoisotopic (exact) mass is 383 g/mol. The number of benzene rings is 1. The van der Waals surface area contributed by atoms with Gasteiger partial charge in [-0.1, -0.05) is 35.0 Å². The summed E-state index contributed by atoms with van der Waals surface area (Å²) in [6.07, 6.45) is 1.52. The van der Waals surface area contributed by atoms with Crippen molar-refractivity contribution in [2.75, 3.05) is 11.1 Å². The van der Waals surface area contributed by atoms with Gasteiger partial charge in [-0.15, -0.1) is 11.3 Å². The number of carbonyl (C=O) groups excluding carboxylic acids is 1. The summed E-state index contributed by atoms with van der Waals surface area (Å²) in [5.41, 5.74) is 0.542. The number of amides is 1. The zero-order chi connectivity index (χ0) is 16.4. The van der Waals surface area contributed by atoms with Gasteiger partial charge in [0.05, 0.1) is 16.5 Å². The molecule has 2 aromatic heterocycles. The molecule has 1 N–H and O–H groups in total. The van der Waals surface area contributed by atoms with E-state index in [2.05, 4.69) is 15.3 Å². The highest BCUT2D eigenvalue weighted by atomic mass is 35.5. The number of nitrogens with zero attached hydrogens (tertiary/aromatic N) is 2. The molecule has 4 nitrogen and oxygen atoms in total. The van der Waals surface area contributed by atoms with Gasteiger partial charge in [0.25, 0.3) is 0 Å². The number of thiophene rings is 1. The van der Waals surface area contributed by atoms with Crippen molar-refractivity contribution in [2.45, 2.75) is 11.9 Å². The third kappa shape index (κ3) is 3.95. The highest BCUT2D eigenvalue weighted by molar-refractivity contribution is 8.00. The van der Waals surface area contributed by atoms with E-state index in [1.165, 1.54) is 23.0 Å². The molecule has 0 atom stereocenters. The van der Waals surface area contributed by atoms with Gasteiger partial charge in [-0.05, 0) is 31.2 Å². The van der Waals surface area contributed by atoms with Gasteiger partial charge in [-0.25, -0.2) is 9.97 Å². The number of halogens is 2. The summed E-state index contributed by atoms with van der Waals surface area (Å²) in [6.45, 7) is 2.02. The van der Waals surface area contributed by atoms with Gasteiger partial charge in [0, 0.05) is 15.3 Å². The minimum Gasteiger partial charge on any atom is -0.324 e. The Labute approximate surface area is 151 Å². The Morgan fingerprint density at radius 3 is 2.91 bits per heavy atom. The van der Waals surface area contributed by atoms with Crippen LogP contribution in [0.25, 0.3) is 10.2 Å². The zero-order valence-electron chi connectivity index (χ0n) is 12.0. The summed E-state index contributed by atoms with van der Waals surface area (Å²) in [7, 11) is 0. The molecule has 2 heterocycles. The second-order valence-electron chi connectivity index (χ2n) is 4.72. The Morgan fingerprint density at radius 2 is 2.13 bits per heavy atom. The lowest BCUT2D eigenvalue weighted by molar-refractivity contribution is -0.113. The largest absolute Gasteiger partial charge is 0.324 e. The number of hydrogen-bond acceptors (Lipinski definition) is 5. The molecule has 0 bridgehead atoms. The van der Waals surface area contributed by atoms with Crippen molar-refractivity contribution in [3.63, 3.8) is 0 Å². The van der Waals surface area contributed by atoms with Crippen LogP contribution in [0.15, 0.2) is 35.6 Å². The lowest BCUT2D eigenvalue weighted by Crippen LogP contribution is -2.14. The van der Waals surface area contributed by atoms with E-state index in [9.17, 15) is 4.79 Å². The number of nitrogens with one attached hydrogen (secondary N) is 1. The number of anilines is 1.